The lowest BCUT2D eigenvalue weighted by Gasteiger charge is -2.33. The van der Waals surface area contributed by atoms with E-state index in [2.05, 4.69) is 4.74 Å². The minimum absolute atomic E-state index is 0.276. The summed E-state index contributed by atoms with van der Waals surface area (Å²) in [5, 5.41) is 0. The molecular formula is C12H18O4. The van der Waals surface area contributed by atoms with Crippen LogP contribution in [0.3, 0.4) is 0 Å². The minimum Gasteiger partial charge on any atom is -0.468 e. The molecule has 0 N–H and O–H groups in total. The van der Waals surface area contributed by atoms with Gasteiger partial charge in [0, 0.05) is 6.08 Å². The molecule has 0 aromatic carbocycles. The van der Waals surface area contributed by atoms with Gasteiger partial charge < -0.3 is 9.47 Å². The SMILES string of the molecule is COC(=O)/C=C1/CCCCC1(C)C(=O)OC. The van der Waals surface area contributed by atoms with Crippen LogP contribution >= 0.6 is 0 Å². The molecule has 1 saturated carbocycles. The van der Waals surface area contributed by atoms with Crippen molar-refractivity contribution in [1.29, 1.82) is 0 Å². The average molecular weight is 226 g/mol. The Morgan fingerprint density at radius 1 is 1.25 bits per heavy atom. The molecule has 4 nitrogen and oxygen atoms in total. The smallest absolute Gasteiger partial charge is 0.330 e. The van der Waals surface area contributed by atoms with Crippen LogP contribution in [-0.2, 0) is 19.1 Å². The molecule has 0 radical (unpaired) electrons. The predicted octanol–water partition coefficient (Wildman–Crippen LogP) is 1.84. The Balaban J connectivity index is 2.99. The van der Waals surface area contributed by atoms with Gasteiger partial charge in [-0.05, 0) is 31.8 Å². The third kappa shape index (κ3) is 2.43. The van der Waals surface area contributed by atoms with Gasteiger partial charge in [-0.25, -0.2) is 4.79 Å². The molecule has 0 spiro atoms. The van der Waals surface area contributed by atoms with Crippen LogP contribution in [0.15, 0.2) is 11.6 Å². The van der Waals surface area contributed by atoms with E-state index in [0.717, 1.165) is 31.3 Å². The zero-order chi connectivity index (χ0) is 12.2. The van der Waals surface area contributed by atoms with Crippen LogP contribution in [0.1, 0.15) is 32.6 Å². The predicted molar refractivity (Wildman–Crippen MR) is 58.7 cm³/mol. The first-order chi connectivity index (χ1) is 7.54. The fraction of sp³-hybridized carbons (Fsp3) is 0.667. The summed E-state index contributed by atoms with van der Waals surface area (Å²) in [6.07, 6.45) is 4.87. The van der Waals surface area contributed by atoms with E-state index >= 15 is 0 Å². The van der Waals surface area contributed by atoms with E-state index < -0.39 is 11.4 Å². The molecule has 0 aromatic heterocycles. The summed E-state index contributed by atoms with van der Waals surface area (Å²) in [6, 6.07) is 0. The van der Waals surface area contributed by atoms with Gasteiger partial charge in [-0.3, -0.25) is 4.79 Å². The van der Waals surface area contributed by atoms with Gasteiger partial charge >= 0.3 is 11.9 Å². The number of carbonyl (C=O) groups excluding carboxylic acids is 2. The lowest BCUT2D eigenvalue weighted by Crippen LogP contribution is -2.34. The fourth-order valence-electron chi connectivity index (χ4n) is 2.12. The van der Waals surface area contributed by atoms with E-state index in [4.69, 9.17) is 4.74 Å². The molecule has 1 aliphatic carbocycles. The van der Waals surface area contributed by atoms with Gasteiger partial charge in [-0.1, -0.05) is 6.42 Å². The normalized spacial score (nSPS) is 27.6. The molecule has 1 fully saturated rings. The maximum atomic E-state index is 11.8. The van der Waals surface area contributed by atoms with E-state index in [0.29, 0.717) is 0 Å². The molecule has 0 bridgehead atoms. The van der Waals surface area contributed by atoms with Crippen LogP contribution in [0.2, 0.25) is 0 Å². The lowest BCUT2D eigenvalue weighted by atomic mass is 9.71. The molecule has 1 aliphatic rings. The summed E-state index contributed by atoms with van der Waals surface area (Å²) in [4.78, 5) is 23.0. The Labute approximate surface area is 95.6 Å². The van der Waals surface area contributed by atoms with E-state index in [1.165, 1.54) is 20.3 Å². The summed E-state index contributed by atoms with van der Waals surface area (Å²) >= 11 is 0. The Morgan fingerprint density at radius 3 is 2.50 bits per heavy atom. The Kier molecular flexibility index (Phi) is 4.10. The second-order valence-electron chi connectivity index (χ2n) is 4.22. The van der Waals surface area contributed by atoms with Gasteiger partial charge in [-0.15, -0.1) is 0 Å². The zero-order valence-electron chi connectivity index (χ0n) is 10.0. The number of ether oxygens (including phenoxy) is 2. The van der Waals surface area contributed by atoms with Crippen LogP contribution in [0.25, 0.3) is 0 Å². The summed E-state index contributed by atoms with van der Waals surface area (Å²) < 4.78 is 9.40. The number of esters is 2. The Bertz CT molecular complexity index is 319. The number of carbonyl (C=O) groups is 2. The summed E-state index contributed by atoms with van der Waals surface area (Å²) in [6.45, 7) is 1.83. The molecule has 1 unspecified atom stereocenters. The maximum Gasteiger partial charge on any atom is 0.330 e. The molecule has 0 aromatic rings. The molecule has 1 atom stereocenters. The molecule has 0 heterocycles. The van der Waals surface area contributed by atoms with E-state index in [-0.39, 0.29) is 5.97 Å². The average Bonchev–Trinajstić information content (AvgIpc) is 2.30. The number of hydrogen-bond acceptors (Lipinski definition) is 4. The third-order valence-corrected chi connectivity index (χ3v) is 3.21. The minimum atomic E-state index is -0.665. The summed E-state index contributed by atoms with van der Waals surface area (Å²) in [5.74, 6) is -0.686. The van der Waals surface area contributed by atoms with Crippen molar-refractivity contribution < 1.29 is 19.1 Å². The lowest BCUT2D eigenvalue weighted by molar-refractivity contribution is -0.150. The molecule has 0 saturated heterocycles. The second-order valence-corrected chi connectivity index (χ2v) is 4.22. The van der Waals surface area contributed by atoms with Gasteiger partial charge in [0.15, 0.2) is 0 Å². The molecule has 0 amide bonds. The van der Waals surface area contributed by atoms with E-state index in [1.807, 2.05) is 6.92 Å². The number of rotatable bonds is 2. The van der Waals surface area contributed by atoms with Crippen molar-refractivity contribution in [3.05, 3.63) is 11.6 Å². The maximum absolute atomic E-state index is 11.8. The molecule has 1 rings (SSSR count). The highest BCUT2D eigenvalue weighted by Gasteiger charge is 2.40. The first-order valence-electron chi connectivity index (χ1n) is 5.42. The number of hydrogen-bond donors (Lipinski definition) is 0. The van der Waals surface area contributed by atoms with Crippen molar-refractivity contribution in [3.63, 3.8) is 0 Å². The first kappa shape index (κ1) is 12.7. The van der Waals surface area contributed by atoms with Crippen LogP contribution in [0.5, 0.6) is 0 Å². The van der Waals surface area contributed by atoms with Crippen LogP contribution in [-0.4, -0.2) is 26.2 Å². The Hall–Kier alpha value is -1.32. The third-order valence-electron chi connectivity index (χ3n) is 3.21. The Morgan fingerprint density at radius 2 is 1.94 bits per heavy atom. The molecule has 16 heavy (non-hydrogen) atoms. The van der Waals surface area contributed by atoms with Crippen molar-refractivity contribution in [1.82, 2.24) is 0 Å². The highest BCUT2D eigenvalue weighted by molar-refractivity contribution is 5.87. The first-order valence-corrected chi connectivity index (χ1v) is 5.42. The number of methoxy groups -OCH3 is 2. The fourth-order valence-corrected chi connectivity index (χ4v) is 2.12. The van der Waals surface area contributed by atoms with Gasteiger partial charge in [0.25, 0.3) is 0 Å². The van der Waals surface area contributed by atoms with Crippen molar-refractivity contribution in [2.24, 2.45) is 5.41 Å². The van der Waals surface area contributed by atoms with Crippen molar-refractivity contribution in [2.75, 3.05) is 14.2 Å². The van der Waals surface area contributed by atoms with Gasteiger partial charge in [0.1, 0.15) is 0 Å². The topological polar surface area (TPSA) is 52.6 Å². The molecular weight excluding hydrogens is 208 g/mol. The van der Waals surface area contributed by atoms with Crippen molar-refractivity contribution in [3.8, 4) is 0 Å². The van der Waals surface area contributed by atoms with Crippen molar-refractivity contribution in [2.45, 2.75) is 32.6 Å². The monoisotopic (exact) mass is 226 g/mol. The molecule has 90 valence electrons. The van der Waals surface area contributed by atoms with Gasteiger partial charge in [0.05, 0.1) is 19.6 Å². The summed E-state index contributed by atoms with van der Waals surface area (Å²) in [5.41, 5.74) is 0.152. The van der Waals surface area contributed by atoms with E-state index in [1.54, 1.807) is 0 Å². The largest absolute Gasteiger partial charge is 0.468 e. The highest BCUT2D eigenvalue weighted by atomic mass is 16.5. The van der Waals surface area contributed by atoms with Gasteiger partial charge in [0.2, 0.25) is 0 Å². The van der Waals surface area contributed by atoms with Crippen molar-refractivity contribution >= 4 is 11.9 Å². The standard InChI is InChI=1S/C12H18O4/c1-12(11(14)16-3)7-5-4-6-9(12)8-10(13)15-2/h8H,4-7H2,1-3H3/b9-8-. The summed E-state index contributed by atoms with van der Waals surface area (Å²) in [7, 11) is 2.70. The second kappa shape index (κ2) is 5.14. The quantitative estimate of drug-likeness (QED) is 0.532. The zero-order valence-corrected chi connectivity index (χ0v) is 10.0. The van der Waals surface area contributed by atoms with Crippen LogP contribution in [0, 0.1) is 5.41 Å². The van der Waals surface area contributed by atoms with Crippen LogP contribution in [0.4, 0.5) is 0 Å². The molecule has 0 aliphatic heterocycles. The van der Waals surface area contributed by atoms with Crippen LogP contribution < -0.4 is 0 Å². The van der Waals surface area contributed by atoms with Gasteiger partial charge in [-0.2, -0.15) is 0 Å². The highest BCUT2D eigenvalue weighted by Crippen LogP contribution is 2.41. The molecule has 4 heteroatoms. The van der Waals surface area contributed by atoms with E-state index in [9.17, 15) is 9.59 Å².